The van der Waals surface area contributed by atoms with Gasteiger partial charge >= 0.3 is 0 Å². The molecule has 2 aromatic rings. The Morgan fingerprint density at radius 2 is 1.36 bits per heavy atom. The van der Waals surface area contributed by atoms with Gasteiger partial charge in [0, 0.05) is 11.1 Å². The summed E-state index contributed by atoms with van der Waals surface area (Å²) in [5.41, 5.74) is 1.27. The van der Waals surface area contributed by atoms with Crippen molar-refractivity contribution in [3.8, 4) is 0 Å². The van der Waals surface area contributed by atoms with E-state index in [0.29, 0.717) is 0 Å². The quantitative estimate of drug-likeness (QED) is 0.640. The maximum absolute atomic E-state index is 12.2. The smallest absolute Gasteiger partial charge is 0.291 e. The highest BCUT2D eigenvalue weighted by Crippen LogP contribution is 2.27. The van der Waals surface area contributed by atoms with Crippen molar-refractivity contribution in [3.63, 3.8) is 0 Å². The second-order valence-electron chi connectivity index (χ2n) is 5.02. The van der Waals surface area contributed by atoms with E-state index in [-0.39, 0.29) is 16.0 Å². The number of carbonyl (C=O) groups is 2. The number of carbonyl (C=O) groups excluding carboxylic acids is 2. The molecule has 5 nitrogen and oxygen atoms in total. The second kappa shape index (κ2) is 5.15. The maximum Gasteiger partial charge on any atom is 0.298 e. The van der Waals surface area contributed by atoms with Gasteiger partial charge in [-0.25, -0.2) is 4.18 Å². The van der Waals surface area contributed by atoms with Gasteiger partial charge in [0.1, 0.15) is 0 Å². The highest BCUT2D eigenvalue weighted by molar-refractivity contribution is 7.86. The summed E-state index contributed by atoms with van der Waals surface area (Å²) in [6, 6.07) is 12.2. The molecular formula is C16H12O5S. The Bertz CT molecular complexity index is 831. The summed E-state index contributed by atoms with van der Waals surface area (Å²) in [6.07, 6.45) is -1.64. The lowest BCUT2D eigenvalue weighted by Gasteiger charge is -2.09. The molecule has 0 saturated heterocycles. The summed E-state index contributed by atoms with van der Waals surface area (Å²) < 4.78 is 29.3. The molecule has 22 heavy (non-hydrogen) atoms. The minimum absolute atomic E-state index is 0.0883. The average Bonchev–Trinajstić information content (AvgIpc) is 2.73. The van der Waals surface area contributed by atoms with E-state index in [1.807, 2.05) is 6.92 Å². The Morgan fingerprint density at radius 1 is 0.864 bits per heavy atom. The number of hydrogen-bond acceptors (Lipinski definition) is 5. The minimum atomic E-state index is -4.19. The zero-order valence-corrected chi connectivity index (χ0v) is 12.5. The molecule has 0 unspecified atom stereocenters. The number of hydrogen-bond donors (Lipinski definition) is 0. The molecule has 1 aliphatic carbocycles. The Morgan fingerprint density at radius 3 is 1.86 bits per heavy atom. The van der Waals surface area contributed by atoms with E-state index in [1.54, 1.807) is 24.3 Å². The van der Waals surface area contributed by atoms with Crippen molar-refractivity contribution in [1.82, 2.24) is 0 Å². The number of ketones is 2. The van der Waals surface area contributed by atoms with Crippen LogP contribution in [0, 0.1) is 6.92 Å². The molecule has 1 aliphatic rings. The van der Waals surface area contributed by atoms with Gasteiger partial charge in [-0.3, -0.25) is 9.59 Å². The molecule has 0 spiro atoms. The number of Topliss-reactive ketones (excluding diaryl/α,β-unsaturated/α-hetero) is 2. The van der Waals surface area contributed by atoms with Crippen LogP contribution in [-0.4, -0.2) is 26.1 Å². The van der Waals surface area contributed by atoms with Crippen molar-refractivity contribution in [2.24, 2.45) is 0 Å². The van der Waals surface area contributed by atoms with E-state index in [9.17, 15) is 18.0 Å². The third kappa shape index (κ3) is 2.36. The monoisotopic (exact) mass is 316 g/mol. The van der Waals surface area contributed by atoms with E-state index in [1.165, 1.54) is 24.3 Å². The van der Waals surface area contributed by atoms with Gasteiger partial charge < -0.3 is 0 Å². The SMILES string of the molecule is Cc1ccc(S(=O)(=O)OC2C(=O)c3ccccc3C2=O)cc1. The third-order valence-electron chi connectivity index (χ3n) is 3.47. The Balaban J connectivity index is 1.93. The summed E-state index contributed by atoms with van der Waals surface area (Å²) >= 11 is 0. The number of benzene rings is 2. The minimum Gasteiger partial charge on any atom is -0.291 e. The fraction of sp³-hybridized carbons (Fsp3) is 0.125. The first-order valence-electron chi connectivity index (χ1n) is 6.57. The average molecular weight is 316 g/mol. The summed E-state index contributed by atoms with van der Waals surface area (Å²) in [5.74, 6) is -1.26. The topological polar surface area (TPSA) is 77.5 Å². The van der Waals surface area contributed by atoms with Crippen LogP contribution in [0.2, 0.25) is 0 Å². The Hall–Kier alpha value is -2.31. The van der Waals surface area contributed by atoms with Crippen molar-refractivity contribution in [1.29, 1.82) is 0 Å². The molecule has 112 valence electrons. The summed E-state index contributed by atoms with van der Waals surface area (Å²) in [6.45, 7) is 1.82. The van der Waals surface area contributed by atoms with Crippen LogP contribution in [0.15, 0.2) is 53.4 Å². The lowest BCUT2D eigenvalue weighted by molar-refractivity contribution is 0.0712. The van der Waals surface area contributed by atoms with Crippen LogP contribution in [0.4, 0.5) is 0 Å². The van der Waals surface area contributed by atoms with Gasteiger partial charge in [0.15, 0.2) is 0 Å². The van der Waals surface area contributed by atoms with Crippen LogP contribution in [0.1, 0.15) is 26.3 Å². The van der Waals surface area contributed by atoms with Gasteiger partial charge in [0.25, 0.3) is 10.1 Å². The molecule has 0 aromatic heterocycles. The molecule has 0 heterocycles. The van der Waals surface area contributed by atoms with Crippen LogP contribution in [0.25, 0.3) is 0 Å². The van der Waals surface area contributed by atoms with Crippen molar-refractivity contribution in [2.45, 2.75) is 17.9 Å². The van der Waals surface area contributed by atoms with E-state index in [0.717, 1.165) is 5.56 Å². The van der Waals surface area contributed by atoms with Gasteiger partial charge in [-0.2, -0.15) is 8.42 Å². The largest absolute Gasteiger partial charge is 0.298 e. The predicted octanol–water partition coefficient (Wildman–Crippen LogP) is 2.15. The summed E-state index contributed by atoms with van der Waals surface area (Å²) in [5, 5.41) is 0. The maximum atomic E-state index is 12.2. The van der Waals surface area contributed by atoms with Crippen molar-refractivity contribution >= 4 is 21.7 Å². The van der Waals surface area contributed by atoms with Crippen LogP contribution >= 0.6 is 0 Å². The zero-order valence-electron chi connectivity index (χ0n) is 11.6. The standard InChI is InChI=1S/C16H12O5S/c1-10-6-8-11(9-7-10)22(19,20)21-16-14(17)12-4-2-3-5-13(12)15(16)18/h2-9,16H,1H3. The number of fused-ring (bicyclic) bond motifs is 1. The van der Waals surface area contributed by atoms with Gasteiger partial charge in [0.05, 0.1) is 4.90 Å². The molecule has 0 amide bonds. The first-order chi connectivity index (χ1) is 10.4. The molecule has 0 atom stereocenters. The third-order valence-corrected chi connectivity index (χ3v) is 4.76. The Kier molecular flexibility index (Phi) is 3.42. The normalized spacial score (nSPS) is 15.1. The molecule has 3 rings (SSSR count). The molecule has 0 bridgehead atoms. The van der Waals surface area contributed by atoms with Crippen LogP contribution < -0.4 is 0 Å². The lowest BCUT2D eigenvalue weighted by atomic mass is 10.1. The van der Waals surface area contributed by atoms with E-state index < -0.39 is 27.8 Å². The highest BCUT2D eigenvalue weighted by Gasteiger charge is 2.42. The molecule has 0 aliphatic heterocycles. The van der Waals surface area contributed by atoms with Gasteiger partial charge in [0.2, 0.25) is 17.7 Å². The van der Waals surface area contributed by atoms with Crippen LogP contribution in [0.3, 0.4) is 0 Å². The van der Waals surface area contributed by atoms with E-state index >= 15 is 0 Å². The molecule has 2 aromatic carbocycles. The van der Waals surface area contributed by atoms with Gasteiger partial charge in [-0.15, -0.1) is 0 Å². The second-order valence-corrected chi connectivity index (χ2v) is 6.59. The highest BCUT2D eigenvalue weighted by atomic mass is 32.2. The first-order valence-corrected chi connectivity index (χ1v) is 7.98. The van der Waals surface area contributed by atoms with Crippen LogP contribution in [-0.2, 0) is 14.3 Å². The molecule has 0 N–H and O–H groups in total. The lowest BCUT2D eigenvalue weighted by Crippen LogP contribution is -2.29. The molecule has 6 heteroatoms. The molecule has 0 saturated carbocycles. The van der Waals surface area contributed by atoms with Gasteiger partial charge in [-0.1, -0.05) is 42.0 Å². The molecule has 0 radical (unpaired) electrons. The molecule has 0 fully saturated rings. The van der Waals surface area contributed by atoms with Crippen LogP contribution in [0.5, 0.6) is 0 Å². The fourth-order valence-electron chi connectivity index (χ4n) is 2.29. The fourth-order valence-corrected chi connectivity index (χ4v) is 3.30. The number of aryl methyl sites for hydroxylation is 1. The predicted molar refractivity (Wildman–Crippen MR) is 78.3 cm³/mol. The Labute approximate surface area is 127 Å². The van der Waals surface area contributed by atoms with Crippen molar-refractivity contribution in [3.05, 3.63) is 65.2 Å². The molecular weight excluding hydrogens is 304 g/mol. The number of rotatable bonds is 3. The first kappa shape index (κ1) is 14.6. The van der Waals surface area contributed by atoms with Crippen molar-refractivity contribution in [2.75, 3.05) is 0 Å². The zero-order chi connectivity index (χ0) is 15.9. The summed E-state index contributed by atoms with van der Waals surface area (Å²) in [7, 11) is -4.19. The summed E-state index contributed by atoms with van der Waals surface area (Å²) in [4.78, 5) is 24.2. The van der Waals surface area contributed by atoms with E-state index in [4.69, 9.17) is 4.18 Å². The van der Waals surface area contributed by atoms with E-state index in [2.05, 4.69) is 0 Å². The van der Waals surface area contributed by atoms with Crippen molar-refractivity contribution < 1.29 is 22.2 Å². The van der Waals surface area contributed by atoms with Gasteiger partial charge in [-0.05, 0) is 19.1 Å².